The first-order chi connectivity index (χ1) is 9.01. The number of rotatable bonds is 7. The van der Waals surface area contributed by atoms with E-state index in [4.69, 9.17) is 0 Å². The van der Waals surface area contributed by atoms with Crippen LogP contribution in [0.2, 0.25) is 0 Å². The van der Waals surface area contributed by atoms with Gasteiger partial charge in [-0.3, -0.25) is 0 Å². The first-order valence-electron chi connectivity index (χ1n) is 6.22. The van der Waals surface area contributed by atoms with Crippen LogP contribution < -0.4 is 10.6 Å². The number of nitrogens with one attached hydrogen (secondary N) is 2. The maximum atomic E-state index is 11.0. The van der Waals surface area contributed by atoms with Crippen molar-refractivity contribution in [3.05, 3.63) is 22.4 Å². The lowest BCUT2D eigenvalue weighted by atomic mass is 10.3. The molecular weight excluding hydrogens is 282 g/mol. The second kappa shape index (κ2) is 8.16. The zero-order chi connectivity index (χ0) is 14.1. The predicted octanol–water partition coefficient (Wildman–Crippen LogP) is 1.24. The highest BCUT2D eigenvalue weighted by atomic mass is 32.2. The number of guanidine groups is 1. The second-order valence-electron chi connectivity index (χ2n) is 4.24. The Kier molecular flexibility index (Phi) is 6.86. The Morgan fingerprint density at radius 3 is 2.79 bits per heavy atom. The summed E-state index contributed by atoms with van der Waals surface area (Å²) in [5.41, 5.74) is 1.18. The first kappa shape index (κ1) is 16.0. The molecule has 0 aliphatic heterocycles. The van der Waals surface area contributed by atoms with E-state index in [2.05, 4.69) is 21.0 Å². The molecule has 0 aromatic carbocycles. The fraction of sp³-hybridized carbons (Fsp3) is 0.583. The molecule has 1 aromatic rings. The number of thiophene rings is 1. The highest BCUT2D eigenvalue weighted by molar-refractivity contribution is 7.90. The van der Waals surface area contributed by atoms with Crippen LogP contribution in [-0.4, -0.2) is 39.5 Å². The van der Waals surface area contributed by atoms with Gasteiger partial charge in [-0.25, -0.2) is 13.4 Å². The minimum absolute atomic E-state index is 0.198. The standard InChI is InChI=1S/C12H21N3O2S2/c1-3-13-12(14-6-4-8-19(2,16)17)15-9-11-5-7-18-10-11/h5,7,10H,3-4,6,8-9H2,1-2H3,(H2,13,14,15). The van der Waals surface area contributed by atoms with Crippen LogP contribution in [0.1, 0.15) is 18.9 Å². The normalized spacial score (nSPS) is 12.4. The zero-order valence-electron chi connectivity index (χ0n) is 11.3. The van der Waals surface area contributed by atoms with Gasteiger partial charge in [0.05, 0.1) is 12.3 Å². The van der Waals surface area contributed by atoms with Crippen molar-refractivity contribution in [3.8, 4) is 0 Å². The molecular formula is C12H21N3O2S2. The number of sulfone groups is 1. The lowest BCUT2D eigenvalue weighted by Gasteiger charge is -2.10. The van der Waals surface area contributed by atoms with Gasteiger partial charge in [-0.1, -0.05) is 0 Å². The molecule has 108 valence electrons. The predicted molar refractivity (Wildman–Crippen MR) is 81.5 cm³/mol. The molecule has 2 N–H and O–H groups in total. The summed E-state index contributed by atoms with van der Waals surface area (Å²) in [6.07, 6.45) is 1.84. The third kappa shape index (κ3) is 7.84. The molecule has 5 nitrogen and oxygen atoms in total. The molecule has 0 saturated heterocycles. The lowest BCUT2D eigenvalue weighted by Crippen LogP contribution is -2.38. The number of hydrogen-bond donors (Lipinski definition) is 2. The average Bonchev–Trinajstić information content (AvgIpc) is 2.83. The fourth-order valence-electron chi connectivity index (χ4n) is 1.44. The van der Waals surface area contributed by atoms with E-state index in [9.17, 15) is 8.42 Å². The molecule has 1 aromatic heterocycles. The van der Waals surface area contributed by atoms with E-state index in [0.717, 1.165) is 12.5 Å². The second-order valence-corrected chi connectivity index (χ2v) is 7.28. The molecule has 0 atom stereocenters. The Morgan fingerprint density at radius 1 is 1.42 bits per heavy atom. The van der Waals surface area contributed by atoms with Gasteiger partial charge in [-0.05, 0) is 35.7 Å². The van der Waals surface area contributed by atoms with E-state index in [0.29, 0.717) is 19.5 Å². The smallest absolute Gasteiger partial charge is 0.191 e. The van der Waals surface area contributed by atoms with Crippen LogP contribution in [0.5, 0.6) is 0 Å². The SMILES string of the molecule is CCNC(=NCc1ccsc1)NCCCS(C)(=O)=O. The molecule has 0 aliphatic rings. The molecule has 1 rings (SSSR count). The molecule has 0 spiro atoms. The van der Waals surface area contributed by atoms with Crippen molar-refractivity contribution < 1.29 is 8.42 Å². The van der Waals surface area contributed by atoms with Crippen molar-refractivity contribution >= 4 is 27.1 Å². The number of hydrogen-bond acceptors (Lipinski definition) is 4. The summed E-state index contributed by atoms with van der Waals surface area (Å²) in [7, 11) is -2.88. The highest BCUT2D eigenvalue weighted by Gasteiger charge is 2.02. The molecule has 0 bridgehead atoms. The minimum Gasteiger partial charge on any atom is -0.357 e. The van der Waals surface area contributed by atoms with E-state index in [1.54, 1.807) is 11.3 Å². The van der Waals surface area contributed by atoms with Crippen LogP contribution >= 0.6 is 11.3 Å². The van der Waals surface area contributed by atoms with Gasteiger partial charge in [0.15, 0.2) is 5.96 Å². The summed E-state index contributed by atoms with van der Waals surface area (Å²) in [6.45, 7) is 4.01. The molecule has 0 saturated carbocycles. The maximum absolute atomic E-state index is 11.0. The molecule has 0 amide bonds. The van der Waals surface area contributed by atoms with Gasteiger partial charge < -0.3 is 10.6 Å². The monoisotopic (exact) mass is 303 g/mol. The van der Waals surface area contributed by atoms with Crippen LogP contribution in [0.15, 0.2) is 21.8 Å². The largest absolute Gasteiger partial charge is 0.357 e. The van der Waals surface area contributed by atoms with Crippen molar-refractivity contribution in [1.82, 2.24) is 10.6 Å². The van der Waals surface area contributed by atoms with Gasteiger partial charge in [0.2, 0.25) is 0 Å². The van der Waals surface area contributed by atoms with Crippen LogP contribution in [0.4, 0.5) is 0 Å². The fourth-order valence-corrected chi connectivity index (χ4v) is 2.76. The van der Waals surface area contributed by atoms with Crippen molar-refractivity contribution in [1.29, 1.82) is 0 Å². The van der Waals surface area contributed by atoms with Crippen LogP contribution in [0, 0.1) is 0 Å². The minimum atomic E-state index is -2.88. The molecule has 0 aliphatic carbocycles. The van der Waals surface area contributed by atoms with E-state index in [1.165, 1.54) is 11.8 Å². The molecule has 19 heavy (non-hydrogen) atoms. The van der Waals surface area contributed by atoms with E-state index in [-0.39, 0.29) is 5.75 Å². The zero-order valence-corrected chi connectivity index (χ0v) is 13.0. The number of aliphatic imine (C=N–C) groups is 1. The van der Waals surface area contributed by atoms with Gasteiger partial charge >= 0.3 is 0 Å². The van der Waals surface area contributed by atoms with Crippen molar-refractivity contribution in [2.24, 2.45) is 4.99 Å². The van der Waals surface area contributed by atoms with Crippen LogP contribution in [0.25, 0.3) is 0 Å². The van der Waals surface area contributed by atoms with Crippen molar-refractivity contribution in [2.75, 3.05) is 25.1 Å². The van der Waals surface area contributed by atoms with Crippen LogP contribution in [-0.2, 0) is 16.4 Å². The molecule has 0 radical (unpaired) electrons. The highest BCUT2D eigenvalue weighted by Crippen LogP contribution is 2.06. The van der Waals surface area contributed by atoms with Crippen LogP contribution in [0.3, 0.4) is 0 Å². The van der Waals surface area contributed by atoms with E-state index < -0.39 is 9.84 Å². The Labute approximate surface area is 119 Å². The Morgan fingerprint density at radius 2 is 2.21 bits per heavy atom. The van der Waals surface area contributed by atoms with Crippen molar-refractivity contribution in [2.45, 2.75) is 19.9 Å². The van der Waals surface area contributed by atoms with Gasteiger partial charge in [0.1, 0.15) is 9.84 Å². The summed E-state index contributed by atoms with van der Waals surface area (Å²) in [4.78, 5) is 4.44. The van der Waals surface area contributed by atoms with E-state index >= 15 is 0 Å². The molecule has 0 unspecified atom stereocenters. The maximum Gasteiger partial charge on any atom is 0.191 e. The Hall–Kier alpha value is -1.08. The quantitative estimate of drug-likeness (QED) is 0.452. The third-order valence-electron chi connectivity index (χ3n) is 2.33. The Balaban J connectivity index is 2.37. The first-order valence-corrected chi connectivity index (χ1v) is 9.22. The summed E-state index contributed by atoms with van der Waals surface area (Å²) in [5, 5.41) is 10.4. The summed E-state index contributed by atoms with van der Waals surface area (Å²) >= 11 is 1.65. The Bertz CT molecular complexity index is 481. The summed E-state index contributed by atoms with van der Waals surface area (Å²) < 4.78 is 22.0. The summed E-state index contributed by atoms with van der Waals surface area (Å²) in [6, 6.07) is 2.04. The van der Waals surface area contributed by atoms with Gasteiger partial charge in [-0.15, -0.1) is 0 Å². The van der Waals surface area contributed by atoms with Crippen molar-refractivity contribution in [3.63, 3.8) is 0 Å². The molecule has 0 fully saturated rings. The number of nitrogens with zero attached hydrogens (tertiary/aromatic N) is 1. The topological polar surface area (TPSA) is 70.6 Å². The molecule has 7 heteroatoms. The summed E-state index contributed by atoms with van der Waals surface area (Å²) in [5.74, 6) is 0.923. The van der Waals surface area contributed by atoms with Gasteiger partial charge in [0, 0.05) is 19.3 Å². The van der Waals surface area contributed by atoms with Gasteiger partial charge in [0.25, 0.3) is 0 Å². The van der Waals surface area contributed by atoms with Gasteiger partial charge in [-0.2, -0.15) is 11.3 Å². The van der Waals surface area contributed by atoms with E-state index in [1.807, 2.05) is 18.4 Å². The molecule has 1 heterocycles. The third-order valence-corrected chi connectivity index (χ3v) is 4.09. The lowest BCUT2D eigenvalue weighted by molar-refractivity contribution is 0.598. The average molecular weight is 303 g/mol.